The van der Waals surface area contributed by atoms with E-state index >= 15 is 0 Å². The minimum absolute atomic E-state index is 0.136. The molecule has 0 radical (unpaired) electrons. The first kappa shape index (κ1) is 39.9. The lowest BCUT2D eigenvalue weighted by Gasteiger charge is -2.35. The van der Waals surface area contributed by atoms with Gasteiger partial charge in [-0.05, 0) is 89.4 Å². The fourth-order valence-electron chi connectivity index (χ4n) is 5.72. The summed E-state index contributed by atoms with van der Waals surface area (Å²) in [5.74, 6) is -0.0164. The topological polar surface area (TPSA) is 158 Å². The molecule has 0 fully saturated rings. The molecule has 52 heavy (non-hydrogen) atoms. The number of likely N-dealkylation sites (N-methyl/N-ethyl adjacent to an activating group) is 1. The summed E-state index contributed by atoms with van der Waals surface area (Å²) in [6.07, 6.45) is -3.13. The van der Waals surface area contributed by atoms with Gasteiger partial charge in [-0.1, -0.05) is 12.1 Å². The quantitative estimate of drug-likeness (QED) is 0.204. The van der Waals surface area contributed by atoms with Gasteiger partial charge in [0.2, 0.25) is 0 Å². The average molecular weight is 733 g/mol. The number of halogens is 3. The summed E-state index contributed by atoms with van der Waals surface area (Å²) in [4.78, 5) is 43.4. The van der Waals surface area contributed by atoms with Gasteiger partial charge in [0.1, 0.15) is 17.1 Å². The maximum Gasteiger partial charge on any atom is 0.416 e. The molecule has 0 bridgehead atoms. The summed E-state index contributed by atoms with van der Waals surface area (Å²) in [5.41, 5.74) is 0.689. The van der Waals surface area contributed by atoms with Crippen molar-refractivity contribution in [1.29, 1.82) is 0 Å². The fourth-order valence-corrected chi connectivity index (χ4v) is 5.72. The smallest absolute Gasteiger partial charge is 0.416 e. The molecule has 5 amide bonds. The number of alkyl halides is 3. The number of ether oxygens (including phenoxy) is 2. The zero-order valence-corrected chi connectivity index (χ0v) is 30.2. The first-order valence-electron chi connectivity index (χ1n) is 17.1. The number of fused-ring (bicyclic) bond motifs is 1. The molecule has 0 saturated carbocycles. The van der Waals surface area contributed by atoms with Crippen LogP contribution in [0.15, 0.2) is 47.0 Å². The van der Waals surface area contributed by atoms with Crippen LogP contribution in [0.25, 0.3) is 0 Å². The number of urea groups is 2. The molecular weight excluding hydrogens is 685 g/mol. The third-order valence-electron chi connectivity index (χ3n) is 8.85. The Morgan fingerprint density at radius 2 is 1.73 bits per heavy atom. The molecule has 0 saturated heterocycles. The number of carbonyl (C=O) groups excluding carboxylic acids is 3. The molecule has 4 N–H and O–H groups in total. The van der Waals surface area contributed by atoms with Gasteiger partial charge < -0.3 is 44.9 Å². The van der Waals surface area contributed by atoms with Gasteiger partial charge in [0.05, 0.1) is 36.0 Å². The number of aryl methyl sites for hydroxylation is 2. The van der Waals surface area contributed by atoms with Crippen LogP contribution < -0.4 is 20.7 Å². The average Bonchev–Trinajstić information content (AvgIpc) is 3.41. The maximum absolute atomic E-state index is 14.4. The van der Waals surface area contributed by atoms with Gasteiger partial charge in [-0.25, -0.2) is 9.59 Å². The maximum atomic E-state index is 14.4. The van der Waals surface area contributed by atoms with Crippen molar-refractivity contribution in [2.75, 3.05) is 49.3 Å². The van der Waals surface area contributed by atoms with E-state index in [1.54, 1.807) is 40.0 Å². The first-order chi connectivity index (χ1) is 24.6. The molecule has 0 aliphatic carbocycles. The number of nitrogens with one attached hydrogen (secondary N) is 3. The normalized spacial score (nSPS) is 19.5. The summed E-state index contributed by atoms with van der Waals surface area (Å²) in [6.45, 7) is 9.34. The molecule has 1 aliphatic heterocycles. The lowest BCUT2D eigenvalue weighted by Crippen LogP contribution is -2.48. The van der Waals surface area contributed by atoms with E-state index in [4.69, 9.17) is 14.0 Å². The van der Waals surface area contributed by atoms with Crippen molar-refractivity contribution in [1.82, 2.24) is 15.0 Å². The number of benzene rings is 2. The van der Waals surface area contributed by atoms with Gasteiger partial charge in [0, 0.05) is 44.0 Å². The number of aliphatic hydroxyl groups excluding tert-OH is 1. The Morgan fingerprint density at radius 1 is 1.06 bits per heavy atom. The number of aliphatic hydroxyl groups is 1. The van der Waals surface area contributed by atoms with Crippen molar-refractivity contribution in [3.05, 3.63) is 65.0 Å². The van der Waals surface area contributed by atoms with Gasteiger partial charge >= 0.3 is 18.2 Å². The molecule has 0 spiro atoms. The van der Waals surface area contributed by atoms with E-state index in [9.17, 15) is 32.7 Å². The van der Waals surface area contributed by atoms with Crippen LogP contribution in [-0.4, -0.2) is 89.6 Å². The Hall–Kier alpha value is -4.83. The van der Waals surface area contributed by atoms with E-state index in [-0.39, 0.29) is 60.4 Å². The highest BCUT2D eigenvalue weighted by Gasteiger charge is 2.32. The number of hydrogen-bond donors (Lipinski definition) is 4. The molecule has 13 nitrogen and oxygen atoms in total. The van der Waals surface area contributed by atoms with E-state index < -0.39 is 35.8 Å². The van der Waals surface area contributed by atoms with Gasteiger partial charge in [0.25, 0.3) is 5.91 Å². The third kappa shape index (κ3) is 10.6. The Balaban J connectivity index is 1.57. The van der Waals surface area contributed by atoms with Crippen LogP contribution in [-0.2, 0) is 10.9 Å². The second-order valence-corrected chi connectivity index (χ2v) is 13.2. The summed E-state index contributed by atoms with van der Waals surface area (Å²) in [6, 6.07) is 6.85. The van der Waals surface area contributed by atoms with E-state index in [0.717, 1.165) is 37.1 Å². The lowest BCUT2D eigenvalue weighted by molar-refractivity contribution is -0.137. The zero-order valence-electron chi connectivity index (χ0n) is 30.2. The minimum Gasteiger partial charge on any atom is -0.490 e. The van der Waals surface area contributed by atoms with Gasteiger partial charge in [-0.15, -0.1) is 0 Å². The van der Waals surface area contributed by atoms with Gasteiger partial charge in [0.15, 0.2) is 5.76 Å². The van der Waals surface area contributed by atoms with Crippen LogP contribution in [0.2, 0.25) is 0 Å². The lowest BCUT2D eigenvalue weighted by atomic mass is 10.0. The highest BCUT2D eigenvalue weighted by molar-refractivity contribution is 6.02. The van der Waals surface area contributed by atoms with Crippen molar-refractivity contribution >= 4 is 35.0 Å². The Bertz CT molecular complexity index is 1660. The molecule has 2 heterocycles. The summed E-state index contributed by atoms with van der Waals surface area (Å²) in [5, 5.41) is 22.1. The van der Waals surface area contributed by atoms with E-state index in [2.05, 4.69) is 21.1 Å². The molecule has 1 aromatic heterocycles. The highest BCUT2D eigenvalue weighted by Crippen LogP contribution is 2.31. The Kier molecular flexibility index (Phi) is 13.5. The second-order valence-electron chi connectivity index (χ2n) is 13.2. The number of hydrogen-bond acceptors (Lipinski definition) is 8. The molecule has 4 atom stereocenters. The molecule has 2 aromatic carbocycles. The summed E-state index contributed by atoms with van der Waals surface area (Å²) in [7, 11) is 1.64. The number of carbonyl (C=O) groups is 3. The van der Waals surface area contributed by atoms with Crippen LogP contribution in [0.1, 0.15) is 67.4 Å². The molecule has 0 unspecified atom stereocenters. The summed E-state index contributed by atoms with van der Waals surface area (Å²) < 4.78 is 56.6. The zero-order chi connectivity index (χ0) is 38.2. The molecule has 16 heteroatoms. The molecule has 1 aliphatic rings. The molecule has 284 valence electrons. The van der Waals surface area contributed by atoms with E-state index in [1.807, 2.05) is 13.8 Å². The van der Waals surface area contributed by atoms with E-state index in [1.165, 1.54) is 15.9 Å². The Morgan fingerprint density at radius 3 is 2.37 bits per heavy atom. The fraction of sp³-hybridized carbons (Fsp3) is 0.500. The predicted octanol–water partition coefficient (Wildman–Crippen LogP) is 6.91. The molecule has 3 aromatic rings. The first-order valence-corrected chi connectivity index (χ1v) is 17.1. The highest BCUT2D eigenvalue weighted by atomic mass is 19.4. The van der Waals surface area contributed by atoms with Crippen LogP contribution in [0.3, 0.4) is 0 Å². The van der Waals surface area contributed by atoms with Crippen molar-refractivity contribution < 1.29 is 46.7 Å². The third-order valence-corrected chi connectivity index (χ3v) is 8.85. The second kappa shape index (κ2) is 17.6. The van der Waals surface area contributed by atoms with Crippen molar-refractivity contribution in [2.24, 2.45) is 5.92 Å². The number of aromatic nitrogens is 1. The van der Waals surface area contributed by atoms with Gasteiger partial charge in [-0.2, -0.15) is 13.2 Å². The number of amides is 5. The summed E-state index contributed by atoms with van der Waals surface area (Å²) >= 11 is 0. The largest absolute Gasteiger partial charge is 0.490 e. The SMILES string of the molecule is Cc1noc(C)c1NC(=O)N(C)C[C@@H]1OCCCC[C@H](C)Oc2ccc(NC(=O)Nc3ccc(C(F)(F)F)cc3)cc2C(=O)N([C@@H](C)CO)C[C@H]1C. The minimum atomic E-state index is -4.51. The standard InChI is InChI=1S/C36H47F3N6O7/c1-21-18-45(22(2)20-46)33(47)29-17-28(41-34(48)40-27-12-10-26(11-13-27)36(37,38)39)14-15-30(29)51-23(3)9-7-8-16-50-31(21)19-44(6)35(49)42-32-24(4)43-52-25(32)5/h10-15,17,21-23,31,46H,7-9,16,18-20H2,1-6H3,(H,42,49)(H2,40,41,48)/t21-,22+,23+,31+/m1/s1. The van der Waals surface area contributed by atoms with Crippen LogP contribution in [0.5, 0.6) is 5.75 Å². The van der Waals surface area contributed by atoms with Crippen molar-refractivity contribution in [3.63, 3.8) is 0 Å². The number of anilines is 3. The molecule has 4 rings (SSSR count). The van der Waals surface area contributed by atoms with Crippen LogP contribution >= 0.6 is 0 Å². The number of nitrogens with zero attached hydrogens (tertiary/aromatic N) is 3. The molecular formula is C36H47F3N6O7. The van der Waals surface area contributed by atoms with Gasteiger partial charge in [-0.3, -0.25) is 4.79 Å². The van der Waals surface area contributed by atoms with Crippen molar-refractivity contribution in [2.45, 2.75) is 78.3 Å². The van der Waals surface area contributed by atoms with E-state index in [0.29, 0.717) is 30.2 Å². The van der Waals surface area contributed by atoms with Crippen LogP contribution in [0.4, 0.5) is 39.8 Å². The predicted molar refractivity (Wildman–Crippen MR) is 189 cm³/mol. The van der Waals surface area contributed by atoms with Crippen LogP contribution in [0, 0.1) is 19.8 Å². The number of rotatable bonds is 7. The Labute approximate surface area is 300 Å². The monoisotopic (exact) mass is 732 g/mol. The van der Waals surface area contributed by atoms with Crippen molar-refractivity contribution in [3.8, 4) is 5.75 Å².